The number of carbonyl (C=O) groups excluding carboxylic acids is 1. The number of rotatable bonds is 5. The highest BCUT2D eigenvalue weighted by Gasteiger charge is 2.23. The third kappa shape index (κ3) is 4.25. The Bertz CT molecular complexity index is 692. The number of hydrogen-bond donors (Lipinski definition) is 0. The third-order valence-electron chi connectivity index (χ3n) is 5.03. The largest absolute Gasteiger partial charge is 0.341 e. The molecule has 4 nitrogen and oxygen atoms in total. The number of carbonyl (C=O) groups is 1. The van der Waals surface area contributed by atoms with Crippen LogP contribution >= 0.6 is 0 Å². The molecule has 1 aromatic carbocycles. The van der Waals surface area contributed by atoms with Crippen molar-refractivity contribution in [1.82, 2.24) is 14.7 Å². The third-order valence-corrected chi connectivity index (χ3v) is 5.03. The zero-order valence-corrected chi connectivity index (χ0v) is 14.7. The average Bonchev–Trinajstić information content (AvgIpc) is 2.99. The van der Waals surface area contributed by atoms with Crippen LogP contribution in [0, 0.1) is 19.8 Å². The van der Waals surface area contributed by atoms with Gasteiger partial charge in [0.15, 0.2) is 0 Å². The van der Waals surface area contributed by atoms with Gasteiger partial charge in [0.25, 0.3) is 0 Å². The van der Waals surface area contributed by atoms with Gasteiger partial charge in [0.2, 0.25) is 5.91 Å². The van der Waals surface area contributed by atoms with E-state index in [4.69, 9.17) is 0 Å². The van der Waals surface area contributed by atoms with E-state index in [0.717, 1.165) is 38.0 Å². The standard InChI is InChI=1S/C20H27N3O/c1-16-6-3-4-8-19(16)10-9-18-7-5-12-22(14-18)20(24)15-23-13-11-17(2)21-23/h3-4,6,8,11,13,18H,5,7,9-10,12,14-15H2,1-2H3/t18-/m0/s1. The number of aryl methyl sites for hydroxylation is 3. The summed E-state index contributed by atoms with van der Waals surface area (Å²) in [6.45, 7) is 6.27. The van der Waals surface area contributed by atoms with E-state index in [-0.39, 0.29) is 5.91 Å². The molecule has 1 amide bonds. The molecule has 0 unspecified atom stereocenters. The molecule has 0 bridgehead atoms. The van der Waals surface area contributed by atoms with Crippen LogP contribution < -0.4 is 0 Å². The average molecular weight is 325 g/mol. The first kappa shape index (κ1) is 16.7. The highest BCUT2D eigenvalue weighted by Crippen LogP contribution is 2.22. The molecular weight excluding hydrogens is 298 g/mol. The summed E-state index contributed by atoms with van der Waals surface area (Å²) in [6.07, 6.45) is 6.50. The first-order chi connectivity index (χ1) is 11.6. The van der Waals surface area contributed by atoms with E-state index >= 15 is 0 Å². The molecule has 1 saturated heterocycles. The van der Waals surface area contributed by atoms with E-state index in [1.165, 1.54) is 17.5 Å². The van der Waals surface area contributed by atoms with Crippen molar-refractivity contribution in [3.05, 3.63) is 53.3 Å². The summed E-state index contributed by atoms with van der Waals surface area (Å²) >= 11 is 0. The smallest absolute Gasteiger partial charge is 0.244 e. The van der Waals surface area contributed by atoms with Gasteiger partial charge in [-0.15, -0.1) is 0 Å². The lowest BCUT2D eigenvalue weighted by molar-refractivity contribution is -0.133. The fourth-order valence-corrected chi connectivity index (χ4v) is 3.57. The van der Waals surface area contributed by atoms with Gasteiger partial charge in [-0.3, -0.25) is 9.48 Å². The Labute approximate surface area is 144 Å². The Kier molecular flexibility index (Phi) is 5.34. The van der Waals surface area contributed by atoms with Crippen LogP contribution in [-0.4, -0.2) is 33.7 Å². The van der Waals surface area contributed by atoms with Crippen LogP contribution in [0.2, 0.25) is 0 Å². The first-order valence-electron chi connectivity index (χ1n) is 8.94. The van der Waals surface area contributed by atoms with E-state index < -0.39 is 0 Å². The Balaban J connectivity index is 1.52. The van der Waals surface area contributed by atoms with Gasteiger partial charge in [-0.25, -0.2) is 0 Å². The molecule has 1 atom stereocenters. The molecule has 1 aliphatic rings. The van der Waals surface area contributed by atoms with Gasteiger partial charge in [0.05, 0.1) is 5.69 Å². The molecule has 128 valence electrons. The van der Waals surface area contributed by atoms with Crippen molar-refractivity contribution in [1.29, 1.82) is 0 Å². The van der Waals surface area contributed by atoms with Gasteiger partial charge in [-0.1, -0.05) is 24.3 Å². The van der Waals surface area contributed by atoms with Gasteiger partial charge in [0.1, 0.15) is 6.54 Å². The molecule has 4 heteroatoms. The summed E-state index contributed by atoms with van der Waals surface area (Å²) in [5.74, 6) is 0.806. The second kappa shape index (κ2) is 7.65. The maximum atomic E-state index is 12.5. The highest BCUT2D eigenvalue weighted by molar-refractivity contribution is 5.76. The van der Waals surface area contributed by atoms with E-state index in [2.05, 4.69) is 36.3 Å². The summed E-state index contributed by atoms with van der Waals surface area (Å²) < 4.78 is 1.74. The molecule has 2 heterocycles. The lowest BCUT2D eigenvalue weighted by atomic mass is 9.90. The lowest BCUT2D eigenvalue weighted by Gasteiger charge is -2.33. The van der Waals surface area contributed by atoms with Crippen LogP contribution in [0.1, 0.15) is 36.1 Å². The Morgan fingerprint density at radius 3 is 2.83 bits per heavy atom. The van der Waals surface area contributed by atoms with Gasteiger partial charge in [-0.2, -0.15) is 5.10 Å². The zero-order chi connectivity index (χ0) is 16.9. The maximum absolute atomic E-state index is 12.5. The number of aromatic nitrogens is 2. The van der Waals surface area contributed by atoms with Crippen molar-refractivity contribution in [3.8, 4) is 0 Å². The van der Waals surface area contributed by atoms with E-state index in [1.807, 2.05) is 24.1 Å². The molecule has 2 aromatic rings. The number of hydrogen-bond acceptors (Lipinski definition) is 2. The fraction of sp³-hybridized carbons (Fsp3) is 0.500. The normalized spacial score (nSPS) is 17.9. The van der Waals surface area contributed by atoms with Crippen LogP contribution in [0.4, 0.5) is 0 Å². The Morgan fingerprint density at radius 1 is 1.25 bits per heavy atom. The van der Waals surface area contributed by atoms with E-state index in [9.17, 15) is 4.79 Å². The van der Waals surface area contributed by atoms with Crippen LogP contribution in [0.15, 0.2) is 36.5 Å². The summed E-state index contributed by atoms with van der Waals surface area (Å²) in [5, 5.41) is 4.32. The predicted molar refractivity (Wildman–Crippen MR) is 95.8 cm³/mol. The molecular formula is C20H27N3O. The monoisotopic (exact) mass is 325 g/mol. The molecule has 0 aliphatic carbocycles. The predicted octanol–water partition coefficient (Wildman–Crippen LogP) is 3.37. The Hall–Kier alpha value is -2.10. The minimum Gasteiger partial charge on any atom is -0.341 e. The molecule has 0 spiro atoms. The van der Waals surface area contributed by atoms with E-state index in [1.54, 1.807) is 4.68 Å². The van der Waals surface area contributed by atoms with E-state index in [0.29, 0.717) is 12.5 Å². The summed E-state index contributed by atoms with van der Waals surface area (Å²) in [6, 6.07) is 10.6. The number of nitrogens with zero attached hydrogens (tertiary/aromatic N) is 3. The SMILES string of the molecule is Cc1ccn(CC(=O)N2CCC[C@@H](CCc3ccccc3C)C2)n1. The molecule has 1 aromatic heterocycles. The molecule has 1 aliphatic heterocycles. The van der Waals surface area contributed by atoms with Crippen molar-refractivity contribution in [3.63, 3.8) is 0 Å². The van der Waals surface area contributed by atoms with Crippen molar-refractivity contribution in [2.45, 2.75) is 46.1 Å². The number of benzene rings is 1. The van der Waals surface area contributed by atoms with Crippen LogP contribution in [0.3, 0.4) is 0 Å². The molecule has 0 saturated carbocycles. The molecule has 0 radical (unpaired) electrons. The summed E-state index contributed by atoms with van der Waals surface area (Å²) in [4.78, 5) is 14.5. The summed E-state index contributed by atoms with van der Waals surface area (Å²) in [7, 11) is 0. The van der Waals surface area contributed by atoms with Crippen LogP contribution in [0.25, 0.3) is 0 Å². The van der Waals surface area contributed by atoms with Crippen molar-refractivity contribution in [2.75, 3.05) is 13.1 Å². The second-order valence-corrected chi connectivity index (χ2v) is 6.97. The second-order valence-electron chi connectivity index (χ2n) is 6.97. The number of likely N-dealkylation sites (tertiary alicyclic amines) is 1. The van der Waals surface area contributed by atoms with Crippen molar-refractivity contribution in [2.24, 2.45) is 5.92 Å². The first-order valence-corrected chi connectivity index (χ1v) is 8.94. The van der Waals surface area contributed by atoms with Crippen LogP contribution in [-0.2, 0) is 17.8 Å². The number of piperidine rings is 1. The van der Waals surface area contributed by atoms with Crippen molar-refractivity contribution < 1.29 is 4.79 Å². The Morgan fingerprint density at radius 2 is 2.08 bits per heavy atom. The molecule has 24 heavy (non-hydrogen) atoms. The minimum absolute atomic E-state index is 0.193. The highest BCUT2D eigenvalue weighted by atomic mass is 16.2. The van der Waals surface area contributed by atoms with Gasteiger partial charge >= 0.3 is 0 Å². The molecule has 0 N–H and O–H groups in total. The van der Waals surface area contributed by atoms with Crippen LogP contribution in [0.5, 0.6) is 0 Å². The quantitative estimate of drug-likeness (QED) is 0.845. The van der Waals surface area contributed by atoms with Gasteiger partial charge in [-0.05, 0) is 62.6 Å². The zero-order valence-electron chi connectivity index (χ0n) is 14.7. The topological polar surface area (TPSA) is 38.1 Å². The summed E-state index contributed by atoms with van der Waals surface area (Å²) in [5.41, 5.74) is 3.76. The molecule has 1 fully saturated rings. The fourth-order valence-electron chi connectivity index (χ4n) is 3.57. The van der Waals surface area contributed by atoms with Gasteiger partial charge < -0.3 is 4.90 Å². The maximum Gasteiger partial charge on any atom is 0.244 e. The lowest BCUT2D eigenvalue weighted by Crippen LogP contribution is -2.41. The number of amides is 1. The molecule has 3 rings (SSSR count). The van der Waals surface area contributed by atoms with Crippen molar-refractivity contribution >= 4 is 5.91 Å². The minimum atomic E-state index is 0.193. The van der Waals surface area contributed by atoms with Gasteiger partial charge in [0, 0.05) is 19.3 Å².